The van der Waals surface area contributed by atoms with E-state index in [0.29, 0.717) is 19.1 Å². The summed E-state index contributed by atoms with van der Waals surface area (Å²) in [4.78, 5) is 21.5. The van der Waals surface area contributed by atoms with Gasteiger partial charge in [0.05, 0.1) is 18.5 Å². The average molecular weight is 453 g/mol. The number of nitrogens with zero attached hydrogens (tertiary/aromatic N) is 4. The molecule has 1 aliphatic rings. The Hall–Kier alpha value is -2.93. The molecule has 0 bridgehead atoms. The number of pyridine rings is 1. The number of hydrogen-bond donors (Lipinski definition) is 1. The summed E-state index contributed by atoms with van der Waals surface area (Å²) in [5.74, 6) is 0. The van der Waals surface area contributed by atoms with Crippen molar-refractivity contribution < 1.29 is 14.7 Å². The lowest BCUT2D eigenvalue weighted by Gasteiger charge is -2.28. The number of carbonyl (C=O) groups excluding carboxylic acids is 1. The minimum atomic E-state index is -0.563. The molecule has 1 amide bonds. The zero-order chi connectivity index (χ0) is 23.7. The van der Waals surface area contributed by atoms with Crippen LogP contribution in [-0.2, 0) is 17.8 Å². The van der Waals surface area contributed by atoms with Crippen LogP contribution in [0.4, 0.5) is 4.79 Å². The van der Waals surface area contributed by atoms with Gasteiger partial charge in [0.15, 0.2) is 0 Å². The molecule has 33 heavy (non-hydrogen) atoms. The van der Waals surface area contributed by atoms with Crippen molar-refractivity contribution in [1.82, 2.24) is 14.8 Å². The van der Waals surface area contributed by atoms with Crippen molar-refractivity contribution in [2.75, 3.05) is 13.1 Å². The molecule has 178 valence electrons. The van der Waals surface area contributed by atoms with E-state index in [-0.39, 0.29) is 6.09 Å². The van der Waals surface area contributed by atoms with E-state index in [9.17, 15) is 4.79 Å². The lowest BCUT2D eigenvalue weighted by Crippen LogP contribution is -2.37. The first-order valence-electron chi connectivity index (χ1n) is 11.7. The van der Waals surface area contributed by atoms with Crippen LogP contribution in [0.3, 0.4) is 0 Å². The van der Waals surface area contributed by atoms with Gasteiger partial charge < -0.3 is 14.8 Å². The number of aromatic nitrogens is 1. The largest absolute Gasteiger partial charge is 0.444 e. The summed E-state index contributed by atoms with van der Waals surface area (Å²) >= 11 is 0. The standard InChI is InChI=1S/C26H36N4O3/c1-26(2,3)33-25(31)30(20-23-17-22(18-28-32)13-14-27-23)16-8-7-15-29(24-11-12-24)19-21-9-5-4-6-10-21/h4-6,9-10,13-14,17-18,24,32H,7-8,11-12,15-16,19-20H2,1-3H3. The molecule has 3 rings (SSSR count). The van der Waals surface area contributed by atoms with Crippen LogP contribution in [0.25, 0.3) is 0 Å². The Bertz CT molecular complexity index is 907. The highest BCUT2D eigenvalue weighted by Gasteiger charge is 2.28. The van der Waals surface area contributed by atoms with Gasteiger partial charge in [-0.05, 0) is 76.3 Å². The summed E-state index contributed by atoms with van der Waals surface area (Å²) in [6, 6.07) is 14.9. The number of benzene rings is 1. The van der Waals surface area contributed by atoms with Crippen LogP contribution in [0.2, 0.25) is 0 Å². The highest BCUT2D eigenvalue weighted by molar-refractivity contribution is 5.79. The first kappa shape index (κ1) is 24.7. The topological polar surface area (TPSA) is 78.3 Å². The lowest BCUT2D eigenvalue weighted by molar-refractivity contribution is 0.0226. The summed E-state index contributed by atoms with van der Waals surface area (Å²) in [6.07, 6.45) is 7.10. The number of ether oxygens (including phenoxy) is 1. The first-order valence-corrected chi connectivity index (χ1v) is 11.7. The number of carbonyl (C=O) groups is 1. The van der Waals surface area contributed by atoms with Crippen molar-refractivity contribution in [2.24, 2.45) is 5.16 Å². The van der Waals surface area contributed by atoms with E-state index in [1.165, 1.54) is 24.6 Å². The third-order valence-electron chi connectivity index (χ3n) is 5.47. The molecule has 1 saturated carbocycles. The molecular weight excluding hydrogens is 416 g/mol. The molecule has 7 heteroatoms. The van der Waals surface area contributed by atoms with Crippen LogP contribution in [-0.4, -0.2) is 57.0 Å². The molecule has 0 atom stereocenters. The normalized spacial score (nSPS) is 14.1. The monoisotopic (exact) mass is 452 g/mol. The summed E-state index contributed by atoms with van der Waals surface area (Å²) in [6.45, 7) is 8.55. The van der Waals surface area contributed by atoms with E-state index in [2.05, 4.69) is 45.4 Å². The van der Waals surface area contributed by atoms with Gasteiger partial charge in [0.1, 0.15) is 5.60 Å². The second-order valence-electron chi connectivity index (χ2n) is 9.62. The van der Waals surface area contributed by atoms with Gasteiger partial charge in [0, 0.05) is 25.3 Å². The maximum atomic E-state index is 12.9. The molecule has 1 N–H and O–H groups in total. The van der Waals surface area contributed by atoms with E-state index >= 15 is 0 Å². The first-order chi connectivity index (χ1) is 15.8. The quantitative estimate of drug-likeness (QED) is 0.223. The van der Waals surface area contributed by atoms with Crippen molar-refractivity contribution in [1.29, 1.82) is 0 Å². The van der Waals surface area contributed by atoms with Gasteiger partial charge in [-0.3, -0.25) is 9.88 Å². The molecule has 0 saturated heterocycles. The number of hydrogen-bond acceptors (Lipinski definition) is 6. The highest BCUT2D eigenvalue weighted by atomic mass is 16.6. The molecule has 1 aliphatic carbocycles. The zero-order valence-electron chi connectivity index (χ0n) is 20.0. The third kappa shape index (κ3) is 8.85. The van der Waals surface area contributed by atoms with E-state index in [4.69, 9.17) is 9.94 Å². The Morgan fingerprint density at radius 2 is 1.88 bits per heavy atom. The minimum Gasteiger partial charge on any atom is -0.444 e. The van der Waals surface area contributed by atoms with E-state index < -0.39 is 5.60 Å². The molecular formula is C26H36N4O3. The van der Waals surface area contributed by atoms with Crippen LogP contribution in [0.15, 0.2) is 53.8 Å². The van der Waals surface area contributed by atoms with Crippen LogP contribution in [0, 0.1) is 0 Å². The predicted octanol–water partition coefficient (Wildman–Crippen LogP) is 5.07. The van der Waals surface area contributed by atoms with Crippen molar-refractivity contribution in [3.8, 4) is 0 Å². The predicted molar refractivity (Wildman–Crippen MR) is 129 cm³/mol. The van der Waals surface area contributed by atoms with Gasteiger partial charge in [-0.15, -0.1) is 0 Å². The minimum absolute atomic E-state index is 0.339. The maximum absolute atomic E-state index is 12.9. The van der Waals surface area contributed by atoms with Crippen LogP contribution in [0.1, 0.15) is 63.3 Å². The van der Waals surface area contributed by atoms with Crippen molar-refractivity contribution in [3.05, 3.63) is 65.5 Å². The van der Waals surface area contributed by atoms with Gasteiger partial charge in [-0.25, -0.2) is 4.79 Å². The second-order valence-corrected chi connectivity index (χ2v) is 9.62. The maximum Gasteiger partial charge on any atom is 0.410 e. The Labute approximate surface area is 197 Å². The number of oxime groups is 1. The zero-order valence-corrected chi connectivity index (χ0v) is 20.0. The van der Waals surface area contributed by atoms with Gasteiger partial charge in [0.2, 0.25) is 0 Å². The van der Waals surface area contributed by atoms with Gasteiger partial charge in [0.25, 0.3) is 0 Å². The third-order valence-corrected chi connectivity index (χ3v) is 5.47. The molecule has 0 spiro atoms. The second kappa shape index (κ2) is 11.8. The van der Waals surface area contributed by atoms with Gasteiger partial charge >= 0.3 is 6.09 Å². The van der Waals surface area contributed by atoms with Crippen LogP contribution in [0.5, 0.6) is 0 Å². The number of rotatable bonds is 11. The van der Waals surface area contributed by atoms with E-state index in [1.807, 2.05) is 26.8 Å². The van der Waals surface area contributed by atoms with Crippen LogP contribution >= 0.6 is 0 Å². The summed E-state index contributed by atoms with van der Waals surface area (Å²) in [5, 5.41) is 11.9. The van der Waals surface area contributed by atoms with E-state index in [0.717, 1.165) is 37.2 Å². The molecule has 1 aromatic heterocycles. The Morgan fingerprint density at radius 1 is 1.15 bits per heavy atom. The number of amides is 1. The fourth-order valence-corrected chi connectivity index (χ4v) is 3.75. The summed E-state index contributed by atoms with van der Waals surface area (Å²) in [5.41, 5.74) is 2.24. The molecule has 0 radical (unpaired) electrons. The van der Waals surface area contributed by atoms with Crippen molar-refractivity contribution in [2.45, 2.75) is 71.2 Å². The average Bonchev–Trinajstić information content (AvgIpc) is 3.60. The van der Waals surface area contributed by atoms with E-state index in [1.54, 1.807) is 17.2 Å². The number of unbranched alkanes of at least 4 members (excludes halogenated alkanes) is 1. The van der Waals surface area contributed by atoms with Gasteiger partial charge in [-0.2, -0.15) is 0 Å². The highest BCUT2D eigenvalue weighted by Crippen LogP contribution is 2.28. The molecule has 2 aromatic rings. The smallest absolute Gasteiger partial charge is 0.410 e. The van der Waals surface area contributed by atoms with Crippen molar-refractivity contribution >= 4 is 12.3 Å². The van der Waals surface area contributed by atoms with Crippen molar-refractivity contribution in [3.63, 3.8) is 0 Å². The molecule has 1 heterocycles. The Morgan fingerprint density at radius 3 is 2.55 bits per heavy atom. The fraction of sp³-hybridized carbons (Fsp3) is 0.500. The SMILES string of the molecule is CC(C)(C)OC(=O)N(CCCCN(Cc1ccccc1)C1CC1)Cc1cc(C=NO)ccn1. The van der Waals surface area contributed by atoms with Gasteiger partial charge in [-0.1, -0.05) is 35.5 Å². The molecule has 7 nitrogen and oxygen atoms in total. The Balaban J connectivity index is 1.57. The molecule has 0 aliphatic heterocycles. The molecule has 1 fully saturated rings. The summed E-state index contributed by atoms with van der Waals surface area (Å²) < 4.78 is 5.64. The molecule has 0 unspecified atom stereocenters. The fourth-order valence-electron chi connectivity index (χ4n) is 3.75. The van der Waals surface area contributed by atoms with Crippen LogP contribution < -0.4 is 0 Å². The Kier molecular flexibility index (Phi) is 8.83. The summed E-state index contributed by atoms with van der Waals surface area (Å²) in [7, 11) is 0. The lowest BCUT2D eigenvalue weighted by atomic mass is 10.2. The molecule has 1 aromatic carbocycles.